The van der Waals surface area contributed by atoms with Gasteiger partial charge in [-0.2, -0.15) is 0 Å². The molecule has 1 aromatic carbocycles. The molecule has 0 aliphatic carbocycles. The molecular weight excluding hydrogens is 210 g/mol. The fourth-order valence-corrected chi connectivity index (χ4v) is 1.88. The molecule has 0 atom stereocenters. The molecule has 0 saturated carbocycles. The minimum atomic E-state index is 0.923. The normalized spacial score (nSPS) is 11.6. The Morgan fingerprint density at radius 3 is 2.76 bits per heavy atom. The van der Waals surface area contributed by atoms with Gasteiger partial charge in [-0.1, -0.05) is 19.1 Å². The Morgan fingerprint density at radius 1 is 1.41 bits per heavy atom. The van der Waals surface area contributed by atoms with Crippen LogP contribution in [0.2, 0.25) is 0 Å². The molecule has 94 valence electrons. The molecule has 1 aromatic rings. The van der Waals surface area contributed by atoms with E-state index in [1.54, 1.807) is 7.11 Å². The lowest BCUT2D eigenvalue weighted by Gasteiger charge is -2.08. The molecule has 1 rings (SSSR count). The van der Waals surface area contributed by atoms with Crippen LogP contribution in [0.4, 0.5) is 0 Å². The van der Waals surface area contributed by atoms with Crippen LogP contribution < -0.4 is 10.1 Å². The summed E-state index contributed by atoms with van der Waals surface area (Å²) in [7, 11) is 1.70. The number of methoxy groups -OCH3 is 1. The lowest BCUT2D eigenvalue weighted by molar-refractivity contribution is 0.414. The Balaban J connectivity index is 2.71. The maximum absolute atomic E-state index is 5.21. The summed E-state index contributed by atoms with van der Waals surface area (Å²) in [5.41, 5.74) is 3.91. The van der Waals surface area contributed by atoms with Gasteiger partial charge < -0.3 is 10.1 Å². The fourth-order valence-electron chi connectivity index (χ4n) is 1.88. The second kappa shape index (κ2) is 7.13. The summed E-state index contributed by atoms with van der Waals surface area (Å²) >= 11 is 0. The Hall–Kier alpha value is -1.28. The highest BCUT2D eigenvalue weighted by Crippen LogP contribution is 2.23. The quantitative estimate of drug-likeness (QED) is 0.760. The zero-order valence-electron chi connectivity index (χ0n) is 11.3. The Kier molecular flexibility index (Phi) is 5.78. The number of aryl methyl sites for hydroxylation is 1. The third-order valence-corrected chi connectivity index (χ3v) is 2.88. The second-order valence-corrected chi connectivity index (χ2v) is 4.21. The van der Waals surface area contributed by atoms with E-state index in [4.69, 9.17) is 4.74 Å². The molecule has 0 saturated heterocycles. The second-order valence-electron chi connectivity index (χ2n) is 4.21. The summed E-state index contributed by atoms with van der Waals surface area (Å²) in [5, 5.41) is 3.32. The lowest BCUT2D eigenvalue weighted by atomic mass is 10.0. The molecule has 0 aliphatic rings. The SMILES string of the molecule is CCNCCC=C(C)c1ccc(OC)cc1C. The zero-order valence-corrected chi connectivity index (χ0v) is 11.3. The van der Waals surface area contributed by atoms with Crippen molar-refractivity contribution in [2.75, 3.05) is 20.2 Å². The monoisotopic (exact) mass is 233 g/mol. The van der Waals surface area contributed by atoms with Gasteiger partial charge in [0.25, 0.3) is 0 Å². The molecule has 0 heterocycles. The van der Waals surface area contributed by atoms with Crippen LogP contribution in [0.1, 0.15) is 31.4 Å². The summed E-state index contributed by atoms with van der Waals surface area (Å²) in [6.45, 7) is 8.50. The molecular formula is C15H23NO. The molecule has 0 radical (unpaired) electrons. The van der Waals surface area contributed by atoms with Gasteiger partial charge in [0.1, 0.15) is 5.75 Å². The van der Waals surface area contributed by atoms with E-state index in [1.807, 2.05) is 6.07 Å². The van der Waals surface area contributed by atoms with Crippen molar-refractivity contribution in [3.05, 3.63) is 35.4 Å². The molecule has 17 heavy (non-hydrogen) atoms. The first-order chi connectivity index (χ1) is 8.19. The van der Waals surface area contributed by atoms with Gasteiger partial charge in [-0.15, -0.1) is 0 Å². The molecule has 1 N–H and O–H groups in total. The van der Waals surface area contributed by atoms with E-state index in [9.17, 15) is 0 Å². The van der Waals surface area contributed by atoms with Gasteiger partial charge in [-0.25, -0.2) is 0 Å². The van der Waals surface area contributed by atoms with Crippen LogP contribution in [-0.4, -0.2) is 20.2 Å². The van der Waals surface area contributed by atoms with Gasteiger partial charge in [0.05, 0.1) is 7.11 Å². The van der Waals surface area contributed by atoms with Crippen molar-refractivity contribution in [3.8, 4) is 5.75 Å². The highest BCUT2D eigenvalue weighted by molar-refractivity contribution is 5.67. The highest BCUT2D eigenvalue weighted by atomic mass is 16.5. The van der Waals surface area contributed by atoms with Crippen molar-refractivity contribution in [1.29, 1.82) is 0 Å². The van der Waals surface area contributed by atoms with Crippen LogP contribution in [0, 0.1) is 6.92 Å². The molecule has 0 amide bonds. The summed E-state index contributed by atoms with van der Waals surface area (Å²) < 4.78 is 5.21. The average Bonchev–Trinajstić information content (AvgIpc) is 2.34. The number of hydrogen-bond acceptors (Lipinski definition) is 2. The Morgan fingerprint density at radius 2 is 2.18 bits per heavy atom. The summed E-state index contributed by atoms with van der Waals surface area (Å²) in [6.07, 6.45) is 3.36. The summed E-state index contributed by atoms with van der Waals surface area (Å²) in [4.78, 5) is 0. The predicted octanol–water partition coefficient (Wildman–Crippen LogP) is 3.41. The van der Waals surface area contributed by atoms with Gasteiger partial charge in [0, 0.05) is 0 Å². The third kappa shape index (κ3) is 4.23. The lowest BCUT2D eigenvalue weighted by Crippen LogP contribution is -2.13. The van der Waals surface area contributed by atoms with Crippen LogP contribution in [-0.2, 0) is 0 Å². The molecule has 0 fully saturated rings. The first-order valence-electron chi connectivity index (χ1n) is 6.21. The number of rotatable bonds is 6. The summed E-state index contributed by atoms with van der Waals surface area (Å²) in [5.74, 6) is 0.923. The van der Waals surface area contributed by atoms with Crippen molar-refractivity contribution in [2.24, 2.45) is 0 Å². The van der Waals surface area contributed by atoms with Gasteiger partial charge in [0.2, 0.25) is 0 Å². The number of nitrogens with one attached hydrogen (secondary N) is 1. The maximum atomic E-state index is 5.21. The minimum Gasteiger partial charge on any atom is -0.497 e. The molecule has 0 aromatic heterocycles. The van der Waals surface area contributed by atoms with Crippen LogP contribution in [0.5, 0.6) is 5.75 Å². The van der Waals surface area contributed by atoms with E-state index < -0.39 is 0 Å². The first kappa shape index (κ1) is 13.8. The topological polar surface area (TPSA) is 21.3 Å². The van der Waals surface area contributed by atoms with Crippen molar-refractivity contribution < 1.29 is 4.74 Å². The van der Waals surface area contributed by atoms with E-state index in [0.29, 0.717) is 0 Å². The Labute approximate surface area is 105 Å². The van der Waals surface area contributed by atoms with Crippen molar-refractivity contribution in [2.45, 2.75) is 27.2 Å². The molecule has 0 aliphatic heterocycles. The van der Waals surface area contributed by atoms with E-state index in [-0.39, 0.29) is 0 Å². The van der Waals surface area contributed by atoms with Gasteiger partial charge >= 0.3 is 0 Å². The molecule has 0 unspecified atom stereocenters. The number of hydrogen-bond donors (Lipinski definition) is 1. The number of allylic oxidation sites excluding steroid dienone is 1. The zero-order chi connectivity index (χ0) is 12.7. The molecule has 2 nitrogen and oxygen atoms in total. The molecule has 0 bridgehead atoms. The highest BCUT2D eigenvalue weighted by Gasteiger charge is 2.01. The van der Waals surface area contributed by atoms with Crippen LogP contribution >= 0.6 is 0 Å². The molecule has 0 spiro atoms. The van der Waals surface area contributed by atoms with E-state index in [2.05, 4.69) is 44.3 Å². The van der Waals surface area contributed by atoms with Gasteiger partial charge in [-0.05, 0) is 62.2 Å². The standard InChI is InChI=1S/C15H23NO/c1-5-16-10-6-7-12(2)15-9-8-14(17-4)11-13(15)3/h7-9,11,16H,5-6,10H2,1-4H3. The third-order valence-electron chi connectivity index (χ3n) is 2.88. The number of benzene rings is 1. The van der Waals surface area contributed by atoms with E-state index in [0.717, 1.165) is 25.3 Å². The van der Waals surface area contributed by atoms with Crippen molar-refractivity contribution in [1.82, 2.24) is 5.32 Å². The summed E-state index contributed by atoms with van der Waals surface area (Å²) in [6, 6.07) is 6.23. The maximum Gasteiger partial charge on any atom is 0.119 e. The average molecular weight is 233 g/mol. The van der Waals surface area contributed by atoms with Crippen LogP contribution in [0.15, 0.2) is 24.3 Å². The first-order valence-corrected chi connectivity index (χ1v) is 6.21. The van der Waals surface area contributed by atoms with Crippen LogP contribution in [0.25, 0.3) is 5.57 Å². The number of ether oxygens (including phenoxy) is 1. The predicted molar refractivity (Wildman–Crippen MR) is 74.5 cm³/mol. The van der Waals surface area contributed by atoms with Gasteiger partial charge in [-0.3, -0.25) is 0 Å². The smallest absolute Gasteiger partial charge is 0.119 e. The minimum absolute atomic E-state index is 0.923. The largest absolute Gasteiger partial charge is 0.497 e. The fraction of sp³-hybridized carbons (Fsp3) is 0.467. The van der Waals surface area contributed by atoms with Gasteiger partial charge in [0.15, 0.2) is 0 Å². The molecule has 2 heteroatoms. The Bertz CT molecular complexity index is 383. The van der Waals surface area contributed by atoms with Crippen molar-refractivity contribution >= 4 is 5.57 Å². The van der Waals surface area contributed by atoms with Crippen molar-refractivity contribution in [3.63, 3.8) is 0 Å². The van der Waals surface area contributed by atoms with E-state index in [1.165, 1.54) is 16.7 Å². The van der Waals surface area contributed by atoms with Crippen LogP contribution in [0.3, 0.4) is 0 Å². The van der Waals surface area contributed by atoms with E-state index >= 15 is 0 Å².